The second kappa shape index (κ2) is 2.17. The van der Waals surface area contributed by atoms with E-state index in [9.17, 15) is 0 Å². The lowest BCUT2D eigenvalue weighted by Crippen LogP contribution is -2.33. The Balaban J connectivity index is 2.78. The molecule has 0 spiro atoms. The summed E-state index contributed by atoms with van der Waals surface area (Å²) in [6, 6.07) is 0. The Bertz CT molecular complexity index is 173. The molecule has 1 unspecified atom stereocenters. The van der Waals surface area contributed by atoms with Crippen LogP contribution in [0.4, 0.5) is 0 Å². The van der Waals surface area contributed by atoms with E-state index in [4.69, 9.17) is 28.9 Å². The summed E-state index contributed by atoms with van der Waals surface area (Å²) in [5.74, 6) is 0. The molecular weight excluding hydrogens is 161 g/mol. The van der Waals surface area contributed by atoms with Gasteiger partial charge in [-0.15, -0.1) is 0 Å². The summed E-state index contributed by atoms with van der Waals surface area (Å²) in [5, 5.41) is 1.83. The topological polar surface area (TPSA) is 50.4 Å². The number of hydrogen-bond acceptors (Lipinski definition) is 3. The lowest BCUT2D eigenvalue weighted by molar-refractivity contribution is 0.766. The van der Waals surface area contributed by atoms with Crippen molar-refractivity contribution in [1.29, 1.82) is 0 Å². The van der Waals surface area contributed by atoms with Crippen LogP contribution in [0.3, 0.4) is 0 Å². The number of nitrogens with zero attached hydrogens (tertiary/aromatic N) is 1. The van der Waals surface area contributed by atoms with Crippen molar-refractivity contribution in [2.24, 2.45) is 10.7 Å². The quantitative estimate of drug-likeness (QED) is 0.407. The lowest BCUT2D eigenvalue weighted by Gasteiger charge is -2.16. The molecule has 1 atom stereocenters. The molecule has 0 fully saturated rings. The van der Waals surface area contributed by atoms with Gasteiger partial charge in [0.05, 0.1) is 6.34 Å². The molecule has 0 aromatic rings. The molecule has 3 N–H and O–H groups in total. The molecule has 0 saturated heterocycles. The third-order valence-electron chi connectivity index (χ3n) is 0.794. The van der Waals surface area contributed by atoms with Crippen molar-refractivity contribution in [3.63, 3.8) is 0 Å². The molecule has 50 valence electrons. The molecule has 5 heteroatoms. The highest BCUT2D eigenvalue weighted by Gasteiger charge is 2.18. The maximum Gasteiger partial charge on any atom is 0.208 e. The Kier molecular flexibility index (Phi) is 1.66. The van der Waals surface area contributed by atoms with Gasteiger partial charge in [0.1, 0.15) is 5.16 Å². The summed E-state index contributed by atoms with van der Waals surface area (Å²) in [6.07, 6.45) is 2.77. The molecule has 3 nitrogen and oxygen atoms in total. The normalized spacial score (nSPS) is 33.4. The van der Waals surface area contributed by atoms with Gasteiger partial charge in [0, 0.05) is 6.08 Å². The van der Waals surface area contributed by atoms with Crippen molar-refractivity contribution < 1.29 is 0 Å². The molecule has 0 amide bonds. The molecule has 0 saturated carbocycles. The summed E-state index contributed by atoms with van der Waals surface area (Å²) >= 11 is 11.0. The largest absolute Gasteiger partial charge is 0.337 e. The zero-order valence-electron chi connectivity index (χ0n) is 4.44. The van der Waals surface area contributed by atoms with E-state index in [2.05, 4.69) is 10.3 Å². The number of aliphatic imine (C=N–C) groups is 1. The van der Waals surface area contributed by atoms with Crippen LogP contribution < -0.4 is 11.1 Å². The average Bonchev–Trinajstić information content (AvgIpc) is 1.60. The van der Waals surface area contributed by atoms with Crippen LogP contribution in [0.15, 0.2) is 16.2 Å². The highest BCUT2D eigenvalue weighted by Crippen LogP contribution is 2.16. The number of nitrogens with two attached hydrogens (primary N) is 1. The summed E-state index contributed by atoms with van der Waals surface area (Å²) in [7, 11) is 0. The van der Waals surface area contributed by atoms with Crippen LogP contribution in [0.1, 0.15) is 0 Å². The Morgan fingerprint density at radius 1 is 1.78 bits per heavy atom. The minimum atomic E-state index is -1.16. The van der Waals surface area contributed by atoms with Crippen LogP contribution in [0.25, 0.3) is 0 Å². The molecule has 1 aliphatic rings. The van der Waals surface area contributed by atoms with E-state index < -0.39 is 5.12 Å². The van der Waals surface area contributed by atoms with Gasteiger partial charge < -0.3 is 5.32 Å². The number of nitrogens with one attached hydrogen (secondary N) is 1. The lowest BCUT2D eigenvalue weighted by atomic mass is 10.4. The fourth-order valence-electron chi connectivity index (χ4n) is 0.450. The van der Waals surface area contributed by atoms with Crippen molar-refractivity contribution in [2.75, 3.05) is 0 Å². The average molecular weight is 166 g/mol. The number of halogens is 2. The van der Waals surface area contributed by atoms with E-state index in [0.29, 0.717) is 5.16 Å². The molecule has 0 aromatic carbocycles. The van der Waals surface area contributed by atoms with E-state index in [0.717, 1.165) is 0 Å². The van der Waals surface area contributed by atoms with Crippen LogP contribution in [-0.4, -0.2) is 11.5 Å². The first-order chi connectivity index (χ1) is 4.10. The van der Waals surface area contributed by atoms with Crippen LogP contribution in [0.2, 0.25) is 0 Å². The second-order valence-corrected chi connectivity index (χ2v) is 2.64. The second-order valence-electron chi connectivity index (χ2n) is 1.62. The Morgan fingerprint density at radius 2 is 2.44 bits per heavy atom. The van der Waals surface area contributed by atoms with Gasteiger partial charge in [-0.2, -0.15) is 0 Å². The summed E-state index contributed by atoms with van der Waals surface area (Å²) in [4.78, 5) is 3.66. The van der Waals surface area contributed by atoms with Crippen molar-refractivity contribution in [2.45, 2.75) is 5.12 Å². The molecule has 0 bridgehead atoms. The highest BCUT2D eigenvalue weighted by atomic mass is 35.5. The zero-order chi connectivity index (χ0) is 6.91. The molecule has 9 heavy (non-hydrogen) atoms. The van der Waals surface area contributed by atoms with Gasteiger partial charge in [0.15, 0.2) is 0 Å². The third-order valence-corrected chi connectivity index (χ3v) is 1.22. The Morgan fingerprint density at radius 3 is 2.78 bits per heavy atom. The van der Waals surface area contributed by atoms with Gasteiger partial charge in [0.2, 0.25) is 5.12 Å². The van der Waals surface area contributed by atoms with Gasteiger partial charge in [-0.3, -0.25) is 5.73 Å². The highest BCUT2D eigenvalue weighted by molar-refractivity contribution is 6.32. The van der Waals surface area contributed by atoms with Crippen molar-refractivity contribution in [3.8, 4) is 0 Å². The smallest absolute Gasteiger partial charge is 0.208 e. The molecule has 0 radical (unpaired) electrons. The van der Waals surface area contributed by atoms with E-state index in [-0.39, 0.29) is 0 Å². The molecule has 0 aromatic heterocycles. The van der Waals surface area contributed by atoms with Crippen molar-refractivity contribution in [3.05, 3.63) is 11.2 Å². The molecule has 0 aliphatic carbocycles. The minimum Gasteiger partial charge on any atom is -0.337 e. The van der Waals surface area contributed by atoms with Crippen molar-refractivity contribution in [1.82, 2.24) is 5.32 Å². The third kappa shape index (κ3) is 1.86. The first-order valence-electron chi connectivity index (χ1n) is 2.26. The van der Waals surface area contributed by atoms with Crippen LogP contribution in [0, 0.1) is 0 Å². The first-order valence-corrected chi connectivity index (χ1v) is 3.02. The zero-order valence-corrected chi connectivity index (χ0v) is 5.95. The van der Waals surface area contributed by atoms with Crippen LogP contribution >= 0.6 is 23.2 Å². The molecule has 1 aliphatic heterocycles. The van der Waals surface area contributed by atoms with Crippen LogP contribution in [-0.2, 0) is 0 Å². The van der Waals surface area contributed by atoms with Crippen molar-refractivity contribution >= 4 is 29.5 Å². The summed E-state index contributed by atoms with van der Waals surface area (Å²) in [6.45, 7) is 0. The fraction of sp³-hybridized carbons (Fsp3) is 0.250. The standard InChI is InChI=1S/C4H5Cl2N3/c5-3-1-4(6,7)9-2-8-3/h1-2H,7H2,(H,8,9). The van der Waals surface area contributed by atoms with E-state index in [1.165, 1.54) is 12.4 Å². The summed E-state index contributed by atoms with van der Waals surface area (Å²) < 4.78 is 0. The Labute approximate surface area is 62.5 Å². The van der Waals surface area contributed by atoms with Gasteiger partial charge >= 0.3 is 0 Å². The van der Waals surface area contributed by atoms with E-state index >= 15 is 0 Å². The van der Waals surface area contributed by atoms with Gasteiger partial charge in [-0.05, 0) is 0 Å². The van der Waals surface area contributed by atoms with Gasteiger partial charge in [-0.1, -0.05) is 23.2 Å². The predicted molar refractivity (Wildman–Crippen MR) is 38.3 cm³/mol. The molecule has 1 rings (SSSR count). The minimum absolute atomic E-state index is 0.391. The van der Waals surface area contributed by atoms with Gasteiger partial charge in [0.25, 0.3) is 0 Å². The fourth-order valence-corrected chi connectivity index (χ4v) is 0.878. The molecular formula is C4H5Cl2N3. The molecule has 1 heterocycles. The predicted octanol–water partition coefficient (Wildman–Crippen LogP) is 0.549. The van der Waals surface area contributed by atoms with Gasteiger partial charge in [-0.25, -0.2) is 4.99 Å². The Hall–Kier alpha value is -0.250. The van der Waals surface area contributed by atoms with Crippen LogP contribution in [0.5, 0.6) is 0 Å². The maximum atomic E-state index is 5.55. The van der Waals surface area contributed by atoms with E-state index in [1.807, 2.05) is 0 Å². The number of alkyl halides is 1. The van der Waals surface area contributed by atoms with E-state index in [1.54, 1.807) is 0 Å². The summed E-state index contributed by atoms with van der Waals surface area (Å²) in [5.41, 5.74) is 5.33. The monoisotopic (exact) mass is 165 g/mol. The maximum absolute atomic E-state index is 5.55. The first kappa shape index (κ1) is 6.86. The SMILES string of the molecule is NC1(Cl)C=C(Cl)NC=N1. The number of rotatable bonds is 0. The number of hydrogen-bond donors (Lipinski definition) is 2.